The van der Waals surface area contributed by atoms with Crippen LogP contribution in [0.25, 0.3) is 0 Å². The number of hydrogen-bond donors (Lipinski definition) is 0. The summed E-state index contributed by atoms with van der Waals surface area (Å²) in [6.07, 6.45) is 2.73. The van der Waals surface area contributed by atoms with Gasteiger partial charge in [-0.3, -0.25) is 4.79 Å². The predicted molar refractivity (Wildman–Crippen MR) is 68.7 cm³/mol. The Morgan fingerprint density at radius 2 is 2.25 bits per heavy atom. The van der Waals surface area contributed by atoms with E-state index in [1.807, 2.05) is 11.9 Å². The summed E-state index contributed by atoms with van der Waals surface area (Å²) >= 11 is 3.31. The lowest BCUT2D eigenvalue weighted by atomic mass is 10.1. The summed E-state index contributed by atoms with van der Waals surface area (Å²) in [4.78, 5) is 13.7. The maximum Gasteiger partial charge on any atom is 0.223 e. The third-order valence-electron chi connectivity index (χ3n) is 3.27. The molecule has 0 saturated carbocycles. The third-order valence-corrected chi connectivity index (χ3v) is 3.67. The molecule has 1 aromatic carbocycles. The number of amides is 1. The van der Waals surface area contributed by atoms with E-state index in [4.69, 9.17) is 0 Å². The van der Waals surface area contributed by atoms with Crippen molar-refractivity contribution in [3.05, 3.63) is 35.4 Å². The highest BCUT2D eigenvalue weighted by Gasteiger charge is 2.27. The first-order valence-corrected chi connectivity index (χ1v) is 6.75. The van der Waals surface area contributed by atoms with Crippen molar-refractivity contribution >= 4 is 21.8 Å². The molecule has 1 amide bonds. The Morgan fingerprint density at radius 1 is 1.50 bits per heavy atom. The fourth-order valence-electron chi connectivity index (χ4n) is 2.37. The predicted octanol–water partition coefficient (Wildman–Crippen LogP) is 2.92. The van der Waals surface area contributed by atoms with Gasteiger partial charge in [0.15, 0.2) is 0 Å². The molecule has 0 aromatic heterocycles. The number of aryl methyl sites for hydroxylation is 1. The topological polar surface area (TPSA) is 20.3 Å². The van der Waals surface area contributed by atoms with Gasteiger partial charge in [0.1, 0.15) is 0 Å². The normalized spacial score (nSPS) is 18.2. The van der Waals surface area contributed by atoms with Crippen LogP contribution in [0.1, 0.15) is 30.0 Å². The number of fused-ring (bicyclic) bond motifs is 1. The van der Waals surface area contributed by atoms with E-state index in [9.17, 15) is 4.79 Å². The van der Waals surface area contributed by atoms with E-state index < -0.39 is 0 Å². The summed E-state index contributed by atoms with van der Waals surface area (Å²) < 4.78 is 0. The van der Waals surface area contributed by atoms with Gasteiger partial charge in [-0.25, -0.2) is 0 Å². The van der Waals surface area contributed by atoms with Crippen molar-refractivity contribution < 1.29 is 4.79 Å². The van der Waals surface area contributed by atoms with E-state index in [2.05, 4.69) is 40.2 Å². The van der Waals surface area contributed by atoms with Crippen molar-refractivity contribution in [3.63, 3.8) is 0 Å². The lowest BCUT2D eigenvalue weighted by Crippen LogP contribution is -2.30. The number of carbonyl (C=O) groups is 1. The first-order valence-electron chi connectivity index (χ1n) is 5.63. The molecular formula is C13H16BrNO. The molecule has 1 aliphatic carbocycles. The van der Waals surface area contributed by atoms with E-state index in [1.54, 1.807) is 0 Å². The SMILES string of the molecule is CN(C(=O)CCBr)C1CCc2ccccc21. The van der Waals surface area contributed by atoms with Gasteiger partial charge < -0.3 is 4.90 Å². The Bertz CT molecular complexity index is 391. The smallest absolute Gasteiger partial charge is 0.223 e. The summed E-state index contributed by atoms with van der Waals surface area (Å²) in [5, 5.41) is 0.741. The second kappa shape index (κ2) is 5.00. The number of benzene rings is 1. The molecule has 1 unspecified atom stereocenters. The van der Waals surface area contributed by atoms with Gasteiger partial charge in [0, 0.05) is 18.8 Å². The third kappa shape index (κ3) is 2.14. The Morgan fingerprint density at radius 3 is 3.00 bits per heavy atom. The Kier molecular flexibility index (Phi) is 3.64. The number of nitrogens with zero attached hydrogens (tertiary/aromatic N) is 1. The number of alkyl halides is 1. The van der Waals surface area contributed by atoms with Gasteiger partial charge >= 0.3 is 0 Å². The first kappa shape index (κ1) is 11.6. The van der Waals surface area contributed by atoms with Gasteiger partial charge in [-0.15, -0.1) is 0 Å². The van der Waals surface area contributed by atoms with Gasteiger partial charge in [0.05, 0.1) is 6.04 Å². The zero-order chi connectivity index (χ0) is 11.5. The second-order valence-electron chi connectivity index (χ2n) is 4.20. The molecule has 1 atom stereocenters. The van der Waals surface area contributed by atoms with Gasteiger partial charge in [-0.2, -0.15) is 0 Å². The van der Waals surface area contributed by atoms with E-state index in [0.717, 1.165) is 18.2 Å². The van der Waals surface area contributed by atoms with Crippen molar-refractivity contribution in [1.82, 2.24) is 4.90 Å². The molecule has 0 bridgehead atoms. The van der Waals surface area contributed by atoms with Crippen LogP contribution in [-0.2, 0) is 11.2 Å². The molecule has 2 rings (SSSR count). The minimum atomic E-state index is 0.221. The molecule has 0 saturated heterocycles. The van der Waals surface area contributed by atoms with Crippen molar-refractivity contribution in [2.45, 2.75) is 25.3 Å². The van der Waals surface area contributed by atoms with Gasteiger partial charge in [0.2, 0.25) is 5.91 Å². The van der Waals surface area contributed by atoms with Crippen LogP contribution in [0.5, 0.6) is 0 Å². The molecule has 0 heterocycles. The van der Waals surface area contributed by atoms with E-state index >= 15 is 0 Å². The summed E-state index contributed by atoms with van der Waals surface area (Å²) in [7, 11) is 1.91. The summed E-state index contributed by atoms with van der Waals surface area (Å²) in [6, 6.07) is 8.72. The van der Waals surface area contributed by atoms with Crippen LogP contribution < -0.4 is 0 Å². The maximum absolute atomic E-state index is 11.8. The van der Waals surface area contributed by atoms with Crippen LogP contribution in [0, 0.1) is 0 Å². The summed E-state index contributed by atoms with van der Waals surface area (Å²) in [5.41, 5.74) is 2.72. The molecule has 0 fully saturated rings. The fourth-order valence-corrected chi connectivity index (χ4v) is 2.71. The molecule has 0 radical (unpaired) electrons. The fraction of sp³-hybridized carbons (Fsp3) is 0.462. The Hall–Kier alpha value is -0.830. The average molecular weight is 282 g/mol. The average Bonchev–Trinajstić information content (AvgIpc) is 2.72. The zero-order valence-corrected chi connectivity index (χ0v) is 11.0. The number of halogens is 1. The van der Waals surface area contributed by atoms with Crippen LogP contribution in [0.2, 0.25) is 0 Å². The molecule has 0 aliphatic heterocycles. The minimum Gasteiger partial charge on any atom is -0.339 e. The molecule has 2 nitrogen and oxygen atoms in total. The van der Waals surface area contributed by atoms with E-state index in [0.29, 0.717) is 6.42 Å². The van der Waals surface area contributed by atoms with Crippen molar-refractivity contribution in [3.8, 4) is 0 Å². The first-order chi connectivity index (χ1) is 7.74. The molecular weight excluding hydrogens is 266 g/mol. The molecule has 1 aromatic rings. The maximum atomic E-state index is 11.8. The Labute approximate surface area is 105 Å². The largest absolute Gasteiger partial charge is 0.339 e. The highest BCUT2D eigenvalue weighted by atomic mass is 79.9. The molecule has 86 valence electrons. The highest BCUT2D eigenvalue weighted by molar-refractivity contribution is 9.09. The van der Waals surface area contributed by atoms with Gasteiger partial charge in [0.25, 0.3) is 0 Å². The number of carbonyl (C=O) groups excluding carboxylic acids is 1. The lowest BCUT2D eigenvalue weighted by molar-refractivity contribution is -0.131. The van der Waals surface area contributed by atoms with Crippen LogP contribution >= 0.6 is 15.9 Å². The van der Waals surface area contributed by atoms with E-state index in [-0.39, 0.29) is 11.9 Å². The summed E-state index contributed by atoms with van der Waals surface area (Å²) in [6.45, 7) is 0. The van der Waals surface area contributed by atoms with Gasteiger partial charge in [-0.1, -0.05) is 40.2 Å². The van der Waals surface area contributed by atoms with Crippen molar-refractivity contribution in [2.75, 3.05) is 12.4 Å². The second-order valence-corrected chi connectivity index (χ2v) is 4.99. The summed E-state index contributed by atoms with van der Waals surface area (Å²) in [5.74, 6) is 0.221. The number of rotatable bonds is 3. The zero-order valence-electron chi connectivity index (χ0n) is 9.45. The quantitative estimate of drug-likeness (QED) is 0.781. The molecule has 3 heteroatoms. The minimum absolute atomic E-state index is 0.221. The van der Waals surface area contributed by atoms with Crippen LogP contribution in [0.3, 0.4) is 0 Å². The molecule has 0 spiro atoms. The highest BCUT2D eigenvalue weighted by Crippen LogP contribution is 2.34. The molecule has 0 N–H and O–H groups in total. The Balaban J connectivity index is 2.15. The van der Waals surface area contributed by atoms with Gasteiger partial charge in [-0.05, 0) is 24.0 Å². The molecule has 16 heavy (non-hydrogen) atoms. The lowest BCUT2D eigenvalue weighted by Gasteiger charge is -2.25. The van der Waals surface area contributed by atoms with Crippen molar-refractivity contribution in [2.24, 2.45) is 0 Å². The van der Waals surface area contributed by atoms with Crippen LogP contribution in [0.4, 0.5) is 0 Å². The number of hydrogen-bond acceptors (Lipinski definition) is 1. The monoisotopic (exact) mass is 281 g/mol. The van der Waals surface area contributed by atoms with Crippen molar-refractivity contribution in [1.29, 1.82) is 0 Å². The molecule has 1 aliphatic rings. The standard InChI is InChI=1S/C13H16BrNO/c1-15(13(16)8-9-14)12-7-6-10-4-2-3-5-11(10)12/h2-5,12H,6-9H2,1H3. The van der Waals surface area contributed by atoms with E-state index in [1.165, 1.54) is 11.1 Å². The van der Waals surface area contributed by atoms with Crippen LogP contribution in [0.15, 0.2) is 24.3 Å². The van der Waals surface area contributed by atoms with Crippen LogP contribution in [-0.4, -0.2) is 23.2 Å².